The molecule has 25 nitrogen and oxygen atoms in total. The van der Waals surface area contributed by atoms with E-state index in [1.165, 1.54) is 0 Å². The van der Waals surface area contributed by atoms with Crippen molar-refractivity contribution >= 4 is 76.1 Å². The third kappa shape index (κ3) is 16.8. The Labute approximate surface area is 343 Å². The number of fused-ring (bicyclic) bond motifs is 1. The van der Waals surface area contributed by atoms with Gasteiger partial charge in [0, 0.05) is 24.9 Å². The first kappa shape index (κ1) is 45.6. The van der Waals surface area contributed by atoms with Gasteiger partial charge in [-0.2, -0.15) is 0 Å². The highest BCUT2D eigenvalue weighted by Crippen LogP contribution is 2.18. The van der Waals surface area contributed by atoms with E-state index in [0.717, 1.165) is 17.8 Å². The molecule has 0 aliphatic rings. The number of carboxylic acids is 3. The maximum atomic E-state index is 12.9. The zero-order valence-corrected chi connectivity index (χ0v) is 32.0. The summed E-state index contributed by atoms with van der Waals surface area (Å²) in [7, 11) is 0. The summed E-state index contributed by atoms with van der Waals surface area (Å²) in [5.41, 5.74) is 7.50. The molecule has 0 saturated heterocycles. The average molecular weight is 853 g/mol. The van der Waals surface area contributed by atoms with Crippen LogP contribution in [-0.4, -0.2) is 153 Å². The van der Waals surface area contributed by atoms with Crippen LogP contribution in [0.1, 0.15) is 41.4 Å². The van der Waals surface area contributed by atoms with Crippen molar-refractivity contribution in [3.05, 3.63) is 36.0 Å². The molecule has 1 aromatic carbocycles. The van der Waals surface area contributed by atoms with Crippen LogP contribution >= 0.6 is 0 Å². The van der Waals surface area contributed by atoms with Gasteiger partial charge in [0.2, 0.25) is 47.3 Å². The second kappa shape index (κ2) is 23.9. The van der Waals surface area contributed by atoms with Gasteiger partial charge in [-0.05, 0) is 38.3 Å². The highest BCUT2D eigenvalue weighted by atomic mass is 16.4. The molecule has 0 fully saturated rings. The molecular weight excluding hydrogens is 800 g/mol. The number of carbonyl (C=O) groups excluding carboxylic acids is 8. The maximum Gasteiger partial charge on any atom is 0.326 e. The second-order valence-corrected chi connectivity index (χ2v) is 12.9. The van der Waals surface area contributed by atoms with E-state index in [4.69, 9.17) is 18.7 Å². The number of aromatic amines is 1. The molecule has 328 valence electrons. The van der Waals surface area contributed by atoms with Crippen LogP contribution in [0.4, 0.5) is 0 Å². The summed E-state index contributed by atoms with van der Waals surface area (Å²) in [6.07, 6.45) is -0.382. The van der Waals surface area contributed by atoms with E-state index in [1.807, 2.05) is 34.1 Å². The average Bonchev–Trinajstić information content (AvgIpc) is 3.62. The lowest BCUT2D eigenvalue weighted by atomic mass is 10.0. The molecule has 2 rings (SSSR count). The molecule has 25 heteroatoms. The Morgan fingerprint density at radius 1 is 0.717 bits per heavy atom. The number of aliphatic hydroxyl groups is 1. The summed E-state index contributed by atoms with van der Waals surface area (Å²) in [4.78, 5) is 137. The predicted octanol–water partition coefficient (Wildman–Crippen LogP) is -5.73. The number of rotatable bonds is 25. The zero-order chi connectivity index (χ0) is 46.7. The molecule has 0 aliphatic carbocycles. The highest BCUT2D eigenvalue weighted by Gasteiger charge is 2.29. The molecule has 2 aromatic rings. The van der Waals surface area contributed by atoms with Crippen LogP contribution in [0, 0.1) is 0 Å². The van der Waals surface area contributed by atoms with Gasteiger partial charge < -0.3 is 73.7 Å². The van der Waals surface area contributed by atoms with Crippen molar-refractivity contribution in [2.75, 3.05) is 26.2 Å². The SMILES string of the molecule is [3H]C[C@]([3H])(NC(=O)[C@@H](N)Cc1c[nH]c2ccccc12)C(=O)NCC(=O)NCC(=O)N[C@@H](CC(=O)O)C(=O)N[C@@H](C)C(=O)N[C@@H](CO)C(=O)NCC(=O)N[C@@H](CCC(=O)O)C(=O)O. The molecule has 60 heavy (non-hydrogen) atoms. The maximum absolute atomic E-state index is 12.9. The topological polar surface area (TPSA) is 407 Å². The van der Waals surface area contributed by atoms with Crippen LogP contribution in [0.25, 0.3) is 10.9 Å². The van der Waals surface area contributed by atoms with Crippen LogP contribution < -0.4 is 48.3 Å². The Morgan fingerprint density at radius 2 is 1.33 bits per heavy atom. The van der Waals surface area contributed by atoms with Gasteiger partial charge in [0.15, 0.2) is 0 Å². The van der Waals surface area contributed by atoms with Gasteiger partial charge in [-0.3, -0.25) is 47.9 Å². The van der Waals surface area contributed by atoms with E-state index in [1.54, 1.807) is 12.3 Å². The number of hydrogen-bond acceptors (Lipinski definition) is 13. The number of aliphatic carboxylic acids is 3. The molecule has 1 heterocycles. The first-order valence-electron chi connectivity index (χ1n) is 19.0. The molecule has 0 bridgehead atoms. The zero-order valence-electron chi connectivity index (χ0n) is 34.0. The molecule has 0 unspecified atom stereocenters. The minimum absolute atomic E-state index is 0.0253. The Hall–Kier alpha value is -7.15. The first-order valence-corrected chi connectivity index (χ1v) is 17.8. The number of amides is 8. The smallest absolute Gasteiger partial charge is 0.326 e. The number of nitrogens with one attached hydrogen (secondary N) is 9. The van der Waals surface area contributed by atoms with Gasteiger partial charge in [0.05, 0.1) is 40.1 Å². The van der Waals surface area contributed by atoms with Crippen molar-refractivity contribution in [2.45, 2.75) is 75.7 Å². The van der Waals surface area contributed by atoms with Gasteiger partial charge >= 0.3 is 17.9 Å². The number of benzene rings is 1. The largest absolute Gasteiger partial charge is 0.481 e. The number of carboxylic acid groups (broad SMARTS) is 3. The van der Waals surface area contributed by atoms with Crippen LogP contribution in [0.15, 0.2) is 30.5 Å². The highest BCUT2D eigenvalue weighted by molar-refractivity contribution is 5.97. The molecule has 0 aliphatic heterocycles. The van der Waals surface area contributed by atoms with Crippen LogP contribution in [0.3, 0.4) is 0 Å². The van der Waals surface area contributed by atoms with Gasteiger partial charge in [-0.1, -0.05) is 18.2 Å². The lowest BCUT2D eigenvalue weighted by molar-refractivity contribution is -0.143. The van der Waals surface area contributed by atoms with Crippen LogP contribution in [-0.2, 0) is 59.2 Å². The number of nitrogens with two attached hydrogens (primary N) is 1. The minimum atomic E-state index is -2.57. The Morgan fingerprint density at radius 3 is 1.95 bits per heavy atom. The Balaban J connectivity index is 1.86. The molecule has 0 spiro atoms. The van der Waals surface area contributed by atoms with Crippen LogP contribution in [0.5, 0.6) is 0 Å². The van der Waals surface area contributed by atoms with E-state index in [9.17, 15) is 63.0 Å². The molecule has 0 radical (unpaired) electrons. The van der Waals surface area contributed by atoms with Gasteiger partial charge in [-0.15, -0.1) is 0 Å². The van der Waals surface area contributed by atoms with Gasteiger partial charge in [-0.25, -0.2) is 4.79 Å². The lowest BCUT2D eigenvalue weighted by Crippen LogP contribution is -2.58. The lowest BCUT2D eigenvalue weighted by Gasteiger charge is -2.22. The quantitative estimate of drug-likeness (QED) is 0.0443. The fourth-order valence-electron chi connectivity index (χ4n) is 5.00. The molecule has 6 atom stereocenters. The molecule has 0 saturated carbocycles. The fourth-order valence-corrected chi connectivity index (χ4v) is 5.00. The first-order chi connectivity index (χ1) is 29.1. The third-order valence-corrected chi connectivity index (χ3v) is 8.16. The number of H-pyrrole nitrogens is 1. The molecule has 8 amide bonds. The van der Waals surface area contributed by atoms with Gasteiger partial charge in [0.1, 0.15) is 30.2 Å². The number of carbonyl (C=O) groups is 11. The molecule has 1 aromatic heterocycles. The number of hydrogen-bond donors (Lipinski definition) is 14. The van der Waals surface area contributed by atoms with E-state index in [-0.39, 0.29) is 6.42 Å². The Kier molecular flexibility index (Phi) is 18.2. The van der Waals surface area contributed by atoms with E-state index in [0.29, 0.717) is 5.56 Å². The normalized spacial score (nSPS) is 14.7. The van der Waals surface area contributed by atoms with Crippen molar-refractivity contribution in [2.24, 2.45) is 5.73 Å². The van der Waals surface area contributed by atoms with Crippen molar-refractivity contribution in [1.82, 2.24) is 47.5 Å². The molecular formula is C35H48N10O15. The van der Waals surface area contributed by atoms with Crippen LogP contribution in [0.2, 0.25) is 0 Å². The second-order valence-electron chi connectivity index (χ2n) is 12.9. The predicted molar refractivity (Wildman–Crippen MR) is 204 cm³/mol. The van der Waals surface area contributed by atoms with Crippen molar-refractivity contribution in [3.8, 4) is 0 Å². The number of aromatic nitrogens is 1. The summed E-state index contributed by atoms with van der Waals surface area (Å²) in [6.45, 7) is -3.49. The standard InChI is InChI=1S/C35H48N10O15/c1-16(41-32(56)20(36)9-18-11-37-21-6-4-3-5-19(18)21)30(54)39-12-25(47)38-13-26(48)44-23(10-29(52)53)34(58)42-17(2)31(55)45-24(15-46)33(57)40-14-27(49)43-22(35(59)60)7-8-28(50)51/h3-6,11,16-17,20,22-24,37,46H,7-10,12-15,36H2,1-2H3,(H,38,47)(H,39,54)(H,40,57)(H,41,56)(H,42,58)(H,43,49)(H,44,48)(H,45,55)(H,50,51)(H,52,53)(H,59,60)/t16-,17-,20-,22-,23-,24-/m0/s1/i1T,16T. The Bertz CT molecular complexity index is 2020. The van der Waals surface area contributed by atoms with Crippen molar-refractivity contribution in [3.63, 3.8) is 0 Å². The van der Waals surface area contributed by atoms with Crippen molar-refractivity contribution in [1.29, 1.82) is 0 Å². The number of para-hydroxylation sites is 1. The minimum Gasteiger partial charge on any atom is -0.481 e. The summed E-state index contributed by atoms with van der Waals surface area (Å²) in [5, 5.41) is 54.0. The number of aliphatic hydroxyl groups excluding tert-OH is 1. The van der Waals surface area contributed by atoms with E-state index < -0.39 is 154 Å². The third-order valence-electron chi connectivity index (χ3n) is 8.16. The summed E-state index contributed by atoms with van der Waals surface area (Å²) in [5.74, 6) is -13.3. The summed E-state index contributed by atoms with van der Waals surface area (Å²) in [6, 6.07) is -3.25. The van der Waals surface area contributed by atoms with E-state index in [2.05, 4.69) is 31.6 Å². The molecule has 15 N–H and O–H groups in total. The van der Waals surface area contributed by atoms with Gasteiger partial charge in [0.25, 0.3) is 0 Å². The monoisotopic (exact) mass is 852 g/mol. The van der Waals surface area contributed by atoms with E-state index >= 15 is 0 Å². The summed E-state index contributed by atoms with van der Waals surface area (Å²) >= 11 is 0. The summed E-state index contributed by atoms with van der Waals surface area (Å²) < 4.78 is 16.0. The fraction of sp³-hybridized carbons (Fsp3) is 0.457. The van der Waals surface area contributed by atoms with Crippen molar-refractivity contribution < 1.29 is 75.9 Å².